The minimum atomic E-state index is -4.87. The van der Waals surface area contributed by atoms with Crippen molar-refractivity contribution in [1.29, 1.82) is 0 Å². The lowest BCUT2D eigenvalue weighted by atomic mass is 9.71. The summed E-state index contributed by atoms with van der Waals surface area (Å²) in [5.74, 6) is 2.54. The van der Waals surface area contributed by atoms with Gasteiger partial charge in [-0.2, -0.15) is 13.2 Å². The van der Waals surface area contributed by atoms with Crippen molar-refractivity contribution in [3.8, 4) is 17.7 Å². The molecule has 190 valence electrons. The van der Waals surface area contributed by atoms with Crippen LogP contribution in [0, 0.1) is 23.6 Å². The van der Waals surface area contributed by atoms with Gasteiger partial charge < -0.3 is 25.3 Å². The van der Waals surface area contributed by atoms with Crippen molar-refractivity contribution in [2.75, 3.05) is 25.1 Å². The molecule has 3 unspecified atom stereocenters. The molecule has 4 rings (SSSR count). The van der Waals surface area contributed by atoms with Crippen LogP contribution in [-0.4, -0.2) is 53.5 Å². The molecule has 3 N–H and O–H groups in total. The molecule has 1 fully saturated rings. The van der Waals surface area contributed by atoms with E-state index in [0.29, 0.717) is 0 Å². The van der Waals surface area contributed by atoms with Crippen LogP contribution in [-0.2, 0) is 15.0 Å². The van der Waals surface area contributed by atoms with Gasteiger partial charge in [-0.05, 0) is 32.0 Å². The number of rotatable bonds is 5. The molecule has 3 atom stereocenters. The van der Waals surface area contributed by atoms with Crippen LogP contribution in [0.1, 0.15) is 29.9 Å². The number of amides is 1. The van der Waals surface area contributed by atoms with E-state index in [1.54, 1.807) is 6.92 Å². The molecule has 0 aliphatic carbocycles. The van der Waals surface area contributed by atoms with E-state index in [4.69, 9.17) is 19.9 Å². The highest BCUT2D eigenvalue weighted by Crippen LogP contribution is 2.54. The summed E-state index contributed by atoms with van der Waals surface area (Å²) in [4.78, 5) is 24.6. The van der Waals surface area contributed by atoms with E-state index < -0.39 is 54.2 Å². The molecule has 2 aromatic rings. The maximum absolute atomic E-state index is 15.0. The SMILES string of the molecule is CC#CCOc1cnc(C(=O)Nc2ccc(F)c(C3(C)N=C(N)OC4(C(F)(F)F)COCC34)c2)cn1. The van der Waals surface area contributed by atoms with Gasteiger partial charge in [0.05, 0.1) is 31.5 Å². The van der Waals surface area contributed by atoms with Crippen LogP contribution in [0.3, 0.4) is 0 Å². The molecule has 0 radical (unpaired) electrons. The fourth-order valence-corrected chi connectivity index (χ4v) is 4.26. The minimum Gasteiger partial charge on any atom is -0.463 e. The molecule has 3 heterocycles. The Balaban J connectivity index is 1.62. The van der Waals surface area contributed by atoms with E-state index in [0.717, 1.165) is 6.07 Å². The van der Waals surface area contributed by atoms with Crippen molar-refractivity contribution in [2.45, 2.75) is 31.2 Å². The van der Waals surface area contributed by atoms with Gasteiger partial charge in [0.2, 0.25) is 11.5 Å². The Morgan fingerprint density at radius 2 is 2.11 bits per heavy atom. The van der Waals surface area contributed by atoms with Crippen LogP contribution in [0.5, 0.6) is 5.88 Å². The Morgan fingerprint density at radius 3 is 2.78 bits per heavy atom. The highest BCUT2D eigenvalue weighted by atomic mass is 19.4. The van der Waals surface area contributed by atoms with Crippen LogP contribution in [0.2, 0.25) is 0 Å². The van der Waals surface area contributed by atoms with Crippen molar-refractivity contribution in [3.05, 3.63) is 47.7 Å². The second-order valence-electron chi connectivity index (χ2n) is 8.26. The number of hydrogen-bond acceptors (Lipinski definition) is 8. The van der Waals surface area contributed by atoms with Crippen LogP contribution < -0.4 is 15.8 Å². The summed E-state index contributed by atoms with van der Waals surface area (Å²) < 4.78 is 72.6. The summed E-state index contributed by atoms with van der Waals surface area (Å²) in [7, 11) is 0. The van der Waals surface area contributed by atoms with Crippen LogP contribution >= 0.6 is 0 Å². The average Bonchev–Trinajstić information content (AvgIpc) is 3.27. The summed E-state index contributed by atoms with van der Waals surface area (Å²) in [5, 5.41) is 2.53. The number of carbonyl (C=O) groups is 1. The zero-order valence-corrected chi connectivity index (χ0v) is 19.1. The Hall–Kier alpha value is -3.92. The number of hydrogen-bond donors (Lipinski definition) is 2. The molecule has 0 bridgehead atoms. The number of carbonyl (C=O) groups excluding carboxylic acids is 1. The zero-order valence-electron chi connectivity index (χ0n) is 19.1. The summed E-state index contributed by atoms with van der Waals surface area (Å²) in [5.41, 5.74) is 0.830. The molecule has 0 spiro atoms. The monoisotopic (exact) mass is 507 g/mol. The number of fused-ring (bicyclic) bond motifs is 1. The van der Waals surface area contributed by atoms with Crippen molar-refractivity contribution >= 4 is 17.6 Å². The van der Waals surface area contributed by atoms with Gasteiger partial charge in [0, 0.05) is 11.3 Å². The summed E-state index contributed by atoms with van der Waals surface area (Å²) in [6.45, 7) is 1.87. The van der Waals surface area contributed by atoms with Crippen LogP contribution in [0.15, 0.2) is 35.6 Å². The van der Waals surface area contributed by atoms with Gasteiger partial charge >= 0.3 is 6.18 Å². The molecule has 1 saturated heterocycles. The lowest BCUT2D eigenvalue weighted by Crippen LogP contribution is -2.63. The average molecular weight is 507 g/mol. The number of benzene rings is 1. The Labute approximate surface area is 203 Å². The predicted molar refractivity (Wildman–Crippen MR) is 118 cm³/mol. The number of alkyl halides is 3. The van der Waals surface area contributed by atoms with Gasteiger partial charge in [-0.25, -0.2) is 19.4 Å². The molecular weight excluding hydrogens is 486 g/mol. The molecule has 2 aliphatic rings. The largest absolute Gasteiger partial charge is 0.463 e. The van der Waals surface area contributed by atoms with E-state index in [1.165, 1.54) is 31.5 Å². The van der Waals surface area contributed by atoms with Crippen LogP contribution in [0.4, 0.5) is 23.2 Å². The molecule has 36 heavy (non-hydrogen) atoms. The van der Waals surface area contributed by atoms with E-state index in [1.807, 2.05) is 0 Å². The lowest BCUT2D eigenvalue weighted by molar-refractivity contribution is -0.274. The first-order chi connectivity index (χ1) is 17.0. The zero-order chi connectivity index (χ0) is 26.1. The smallest absolute Gasteiger partial charge is 0.431 e. The number of nitrogens with two attached hydrogens (primary N) is 1. The van der Waals surface area contributed by atoms with E-state index in [9.17, 15) is 18.0 Å². The highest BCUT2D eigenvalue weighted by molar-refractivity contribution is 6.02. The number of aliphatic imine (C=N–C) groups is 1. The molecule has 0 saturated carbocycles. The number of amidine groups is 1. The predicted octanol–water partition coefficient (Wildman–Crippen LogP) is 2.78. The third kappa shape index (κ3) is 4.39. The van der Waals surface area contributed by atoms with Crippen molar-refractivity contribution < 1.29 is 36.6 Å². The van der Waals surface area contributed by atoms with Gasteiger partial charge in [-0.15, -0.1) is 5.92 Å². The Kier molecular flexibility index (Phi) is 6.48. The molecule has 9 nitrogen and oxygen atoms in total. The first-order valence-corrected chi connectivity index (χ1v) is 10.6. The van der Waals surface area contributed by atoms with Crippen molar-refractivity contribution in [3.63, 3.8) is 0 Å². The number of aromatic nitrogens is 2. The van der Waals surface area contributed by atoms with Gasteiger partial charge in [-0.1, -0.05) is 5.92 Å². The van der Waals surface area contributed by atoms with Gasteiger partial charge in [-0.3, -0.25) is 4.79 Å². The minimum absolute atomic E-state index is 0.0744. The standard InChI is InChI=1S/C23H21F4N5O4/c1-3-4-7-35-18-10-29-16(9-30-18)19(33)31-13-5-6-15(24)14(8-13)21(2)17-11-34-12-22(17,23(25,26)27)36-20(28)32-21/h5-6,8-10,17H,7,11-12H2,1-2H3,(H2,28,32)(H,31,33). The van der Waals surface area contributed by atoms with E-state index in [2.05, 4.69) is 32.1 Å². The van der Waals surface area contributed by atoms with Gasteiger partial charge in [0.1, 0.15) is 17.1 Å². The van der Waals surface area contributed by atoms with Crippen LogP contribution in [0.25, 0.3) is 0 Å². The number of nitrogens with one attached hydrogen (secondary N) is 1. The maximum atomic E-state index is 15.0. The van der Waals surface area contributed by atoms with Gasteiger partial charge in [0.15, 0.2) is 6.61 Å². The normalized spacial score (nSPS) is 25.1. The molecular formula is C23H21F4N5O4. The quantitative estimate of drug-likeness (QED) is 0.472. The molecule has 1 aromatic heterocycles. The second kappa shape index (κ2) is 9.27. The molecule has 1 amide bonds. The maximum Gasteiger partial charge on any atom is 0.431 e. The number of anilines is 1. The number of nitrogens with zero attached hydrogens (tertiary/aromatic N) is 3. The number of ether oxygens (including phenoxy) is 3. The van der Waals surface area contributed by atoms with E-state index >= 15 is 4.39 Å². The number of halogens is 4. The fraction of sp³-hybridized carbons (Fsp3) is 0.391. The fourth-order valence-electron chi connectivity index (χ4n) is 4.26. The third-order valence-electron chi connectivity index (χ3n) is 6.05. The highest BCUT2D eigenvalue weighted by Gasteiger charge is 2.71. The van der Waals surface area contributed by atoms with Crippen molar-refractivity contribution in [1.82, 2.24) is 9.97 Å². The topological polar surface area (TPSA) is 121 Å². The summed E-state index contributed by atoms with van der Waals surface area (Å²) in [6, 6.07) is 2.72. The first-order valence-electron chi connectivity index (χ1n) is 10.6. The second-order valence-corrected chi connectivity index (χ2v) is 8.26. The van der Waals surface area contributed by atoms with Crippen molar-refractivity contribution in [2.24, 2.45) is 16.6 Å². The van der Waals surface area contributed by atoms with E-state index in [-0.39, 0.29) is 29.4 Å². The lowest BCUT2D eigenvalue weighted by Gasteiger charge is -2.46. The first kappa shape index (κ1) is 25.2. The van der Waals surface area contributed by atoms with Gasteiger partial charge in [0.25, 0.3) is 11.9 Å². The Morgan fingerprint density at radius 1 is 1.33 bits per heavy atom. The Bertz CT molecular complexity index is 1260. The third-order valence-corrected chi connectivity index (χ3v) is 6.05. The molecule has 2 aliphatic heterocycles. The molecule has 1 aromatic carbocycles. The summed E-state index contributed by atoms with van der Waals surface area (Å²) >= 11 is 0. The summed E-state index contributed by atoms with van der Waals surface area (Å²) in [6.07, 6.45) is -2.46. The molecule has 13 heteroatoms.